The Morgan fingerprint density at radius 2 is 2.18 bits per heavy atom. The molecule has 0 unspecified atom stereocenters. The minimum atomic E-state index is -0.928. The quantitative estimate of drug-likeness (QED) is 0.860. The van der Waals surface area contributed by atoms with Crippen molar-refractivity contribution >= 4 is 5.97 Å². The number of aliphatic carboxylic acids is 1. The Hall–Kier alpha value is -1.86. The molecule has 0 aliphatic carbocycles. The van der Waals surface area contributed by atoms with Gasteiger partial charge in [-0.05, 0) is 38.6 Å². The van der Waals surface area contributed by atoms with Gasteiger partial charge in [-0.15, -0.1) is 0 Å². The van der Waals surface area contributed by atoms with Gasteiger partial charge in [0.1, 0.15) is 5.54 Å². The lowest BCUT2D eigenvalue weighted by molar-refractivity contribution is -0.148. The van der Waals surface area contributed by atoms with Gasteiger partial charge in [-0.3, -0.25) is 9.69 Å². The molecule has 0 fully saturated rings. The number of benzene rings is 1. The third-order valence-electron chi connectivity index (χ3n) is 2.95. The van der Waals surface area contributed by atoms with Gasteiger partial charge in [0, 0.05) is 6.54 Å². The second-order valence-electron chi connectivity index (χ2n) is 4.53. The van der Waals surface area contributed by atoms with Crippen LogP contribution >= 0.6 is 0 Å². The van der Waals surface area contributed by atoms with Gasteiger partial charge in [0.2, 0.25) is 0 Å². The molecular weight excluding hydrogens is 216 g/mol. The molecule has 0 radical (unpaired) electrons. The van der Waals surface area contributed by atoms with Crippen LogP contribution in [0.25, 0.3) is 0 Å². The summed E-state index contributed by atoms with van der Waals surface area (Å²) in [4.78, 5) is 12.8. The molecule has 0 aliphatic heterocycles. The standard InChI is InChI=1S/C13H16N2O2/c1-13(2,12(16)17)15(3)9-11-6-4-5-10(7-11)8-14/h4-7H,9H2,1-3H3,(H,16,17). The maximum Gasteiger partial charge on any atom is 0.323 e. The molecule has 0 spiro atoms. The molecule has 1 N–H and O–H groups in total. The van der Waals surface area contributed by atoms with Crippen LogP contribution in [0.1, 0.15) is 25.0 Å². The lowest BCUT2D eigenvalue weighted by Gasteiger charge is -2.31. The van der Waals surface area contributed by atoms with Gasteiger partial charge in [0.25, 0.3) is 0 Å². The first-order valence-electron chi connectivity index (χ1n) is 5.31. The Labute approximate surface area is 101 Å². The molecule has 0 saturated carbocycles. The van der Waals surface area contributed by atoms with Crippen molar-refractivity contribution in [3.05, 3.63) is 35.4 Å². The normalized spacial score (nSPS) is 11.2. The van der Waals surface area contributed by atoms with Crippen molar-refractivity contribution in [1.29, 1.82) is 5.26 Å². The molecule has 4 nitrogen and oxygen atoms in total. The summed E-state index contributed by atoms with van der Waals surface area (Å²) in [7, 11) is 1.76. The highest BCUT2D eigenvalue weighted by molar-refractivity contribution is 5.77. The van der Waals surface area contributed by atoms with E-state index in [2.05, 4.69) is 6.07 Å². The van der Waals surface area contributed by atoms with Crippen LogP contribution in [0.15, 0.2) is 24.3 Å². The van der Waals surface area contributed by atoms with Crippen molar-refractivity contribution in [2.24, 2.45) is 0 Å². The third-order valence-corrected chi connectivity index (χ3v) is 2.95. The van der Waals surface area contributed by atoms with Crippen LogP contribution in [-0.4, -0.2) is 28.6 Å². The maximum absolute atomic E-state index is 11.1. The van der Waals surface area contributed by atoms with E-state index in [0.717, 1.165) is 5.56 Å². The van der Waals surface area contributed by atoms with Gasteiger partial charge in [-0.1, -0.05) is 12.1 Å². The fourth-order valence-corrected chi connectivity index (χ4v) is 1.37. The molecule has 1 rings (SSSR count). The van der Waals surface area contributed by atoms with Crippen LogP contribution in [-0.2, 0) is 11.3 Å². The van der Waals surface area contributed by atoms with Crippen LogP contribution in [0.4, 0.5) is 0 Å². The molecular formula is C13H16N2O2. The van der Waals surface area contributed by atoms with Crippen molar-refractivity contribution in [2.75, 3.05) is 7.05 Å². The molecule has 4 heteroatoms. The van der Waals surface area contributed by atoms with Gasteiger partial charge >= 0.3 is 5.97 Å². The molecule has 90 valence electrons. The van der Waals surface area contributed by atoms with Crippen molar-refractivity contribution in [3.8, 4) is 6.07 Å². The largest absolute Gasteiger partial charge is 0.480 e. The van der Waals surface area contributed by atoms with Crippen LogP contribution < -0.4 is 0 Å². The van der Waals surface area contributed by atoms with Crippen LogP contribution in [0, 0.1) is 11.3 Å². The second kappa shape index (κ2) is 4.98. The number of carbonyl (C=O) groups is 1. The number of rotatable bonds is 4. The summed E-state index contributed by atoms with van der Waals surface area (Å²) in [6.45, 7) is 3.81. The summed E-state index contributed by atoms with van der Waals surface area (Å²) in [5, 5.41) is 17.9. The first kappa shape index (κ1) is 13.2. The van der Waals surface area contributed by atoms with Crippen molar-refractivity contribution in [3.63, 3.8) is 0 Å². The molecule has 0 saturated heterocycles. The molecule has 0 aromatic heterocycles. The SMILES string of the molecule is CN(Cc1cccc(C#N)c1)C(C)(C)C(=O)O. The fraction of sp³-hybridized carbons (Fsp3) is 0.385. The number of nitriles is 1. The van der Waals surface area contributed by atoms with Gasteiger partial charge in [0.15, 0.2) is 0 Å². The lowest BCUT2D eigenvalue weighted by atomic mass is 10.0. The first-order chi connectivity index (χ1) is 7.87. The Morgan fingerprint density at radius 3 is 2.71 bits per heavy atom. The van der Waals surface area contributed by atoms with Crippen molar-refractivity contribution in [2.45, 2.75) is 25.9 Å². The van der Waals surface area contributed by atoms with Gasteiger partial charge < -0.3 is 5.11 Å². The summed E-state index contributed by atoms with van der Waals surface area (Å²) < 4.78 is 0. The van der Waals surface area contributed by atoms with Gasteiger partial charge in [-0.25, -0.2) is 0 Å². The van der Waals surface area contributed by atoms with E-state index in [4.69, 9.17) is 10.4 Å². The highest BCUT2D eigenvalue weighted by Crippen LogP contribution is 2.16. The summed E-state index contributed by atoms with van der Waals surface area (Å²) in [5.41, 5.74) is 0.591. The van der Waals surface area contributed by atoms with E-state index < -0.39 is 11.5 Å². The molecule has 17 heavy (non-hydrogen) atoms. The first-order valence-corrected chi connectivity index (χ1v) is 5.31. The average Bonchev–Trinajstić information content (AvgIpc) is 2.29. The Morgan fingerprint density at radius 1 is 1.53 bits per heavy atom. The predicted octanol–water partition coefficient (Wildman–Crippen LogP) is 1.85. The smallest absolute Gasteiger partial charge is 0.323 e. The van der Waals surface area contributed by atoms with E-state index >= 15 is 0 Å². The number of hydrogen-bond acceptors (Lipinski definition) is 3. The number of hydrogen-bond donors (Lipinski definition) is 1. The molecule has 1 aromatic carbocycles. The maximum atomic E-state index is 11.1. The number of carboxylic acid groups (broad SMARTS) is 1. The molecule has 1 aromatic rings. The van der Waals surface area contributed by atoms with E-state index in [1.54, 1.807) is 44.0 Å². The van der Waals surface area contributed by atoms with E-state index in [1.165, 1.54) is 0 Å². The average molecular weight is 232 g/mol. The zero-order valence-corrected chi connectivity index (χ0v) is 10.3. The molecule has 0 amide bonds. The summed E-state index contributed by atoms with van der Waals surface area (Å²) in [5.74, 6) is -0.864. The lowest BCUT2D eigenvalue weighted by Crippen LogP contribution is -2.47. The minimum Gasteiger partial charge on any atom is -0.480 e. The van der Waals surface area contributed by atoms with E-state index in [1.807, 2.05) is 6.07 Å². The van der Waals surface area contributed by atoms with Crippen LogP contribution in [0.3, 0.4) is 0 Å². The van der Waals surface area contributed by atoms with Crippen molar-refractivity contribution < 1.29 is 9.90 Å². The Kier molecular flexibility index (Phi) is 3.87. The van der Waals surface area contributed by atoms with E-state index in [0.29, 0.717) is 12.1 Å². The highest BCUT2D eigenvalue weighted by Gasteiger charge is 2.31. The van der Waals surface area contributed by atoms with Crippen LogP contribution in [0.2, 0.25) is 0 Å². The molecule has 0 atom stereocenters. The van der Waals surface area contributed by atoms with E-state index in [-0.39, 0.29) is 0 Å². The van der Waals surface area contributed by atoms with Crippen LogP contribution in [0.5, 0.6) is 0 Å². The molecule has 0 aliphatic rings. The monoisotopic (exact) mass is 232 g/mol. The van der Waals surface area contributed by atoms with Crippen molar-refractivity contribution in [1.82, 2.24) is 4.90 Å². The molecule has 0 bridgehead atoms. The summed E-state index contributed by atoms with van der Waals surface area (Å²) in [6, 6.07) is 9.25. The Balaban J connectivity index is 2.85. The number of carboxylic acids is 1. The fourth-order valence-electron chi connectivity index (χ4n) is 1.37. The number of likely N-dealkylation sites (N-methyl/N-ethyl adjacent to an activating group) is 1. The summed E-state index contributed by atoms with van der Waals surface area (Å²) >= 11 is 0. The van der Waals surface area contributed by atoms with Gasteiger partial charge in [-0.2, -0.15) is 5.26 Å². The minimum absolute atomic E-state index is 0.495. The summed E-state index contributed by atoms with van der Waals surface area (Å²) in [6.07, 6.45) is 0. The molecule has 0 heterocycles. The predicted molar refractivity (Wildman–Crippen MR) is 64.3 cm³/mol. The topological polar surface area (TPSA) is 64.3 Å². The Bertz CT molecular complexity index is 461. The zero-order chi connectivity index (χ0) is 13.1. The zero-order valence-electron chi connectivity index (χ0n) is 10.3. The van der Waals surface area contributed by atoms with E-state index in [9.17, 15) is 4.79 Å². The highest BCUT2D eigenvalue weighted by atomic mass is 16.4. The number of nitrogens with zero attached hydrogens (tertiary/aromatic N) is 2. The second-order valence-corrected chi connectivity index (χ2v) is 4.53. The van der Waals surface area contributed by atoms with Gasteiger partial charge in [0.05, 0.1) is 11.6 Å². The third kappa shape index (κ3) is 3.05.